The van der Waals surface area contributed by atoms with Gasteiger partial charge in [-0.2, -0.15) is 0 Å². The van der Waals surface area contributed by atoms with Gasteiger partial charge in [0, 0.05) is 51.4 Å². The fourth-order valence-corrected chi connectivity index (χ4v) is 5.28. The predicted molar refractivity (Wildman–Crippen MR) is 125 cm³/mol. The quantitative estimate of drug-likeness (QED) is 0.697. The Bertz CT molecular complexity index is 794. The topological polar surface area (TPSA) is 30.0 Å². The van der Waals surface area contributed by atoms with E-state index in [1.54, 1.807) is 12.1 Å². The summed E-state index contributed by atoms with van der Waals surface area (Å²) in [5, 5.41) is 9.64. The fraction of sp³-hybridized carbons (Fsp3) is 0.538. The van der Waals surface area contributed by atoms with Gasteiger partial charge in [-0.05, 0) is 56.3 Å². The molecule has 2 aromatic carbocycles. The van der Waals surface area contributed by atoms with Gasteiger partial charge >= 0.3 is 0 Å². The summed E-state index contributed by atoms with van der Waals surface area (Å²) in [6.07, 6.45) is 5.27. The number of anilines is 1. The molecular weight excluding hydrogens is 389 g/mol. The Hall–Kier alpha value is -1.95. The van der Waals surface area contributed by atoms with Gasteiger partial charge in [0.2, 0.25) is 0 Å². The summed E-state index contributed by atoms with van der Waals surface area (Å²) in [7, 11) is 0. The lowest BCUT2D eigenvalue weighted by molar-refractivity contribution is 0.0294. The first-order valence-corrected chi connectivity index (χ1v) is 11.9. The summed E-state index contributed by atoms with van der Waals surface area (Å²) in [6.45, 7) is 6.38. The minimum atomic E-state index is -0.118. The van der Waals surface area contributed by atoms with Gasteiger partial charge in [0.1, 0.15) is 5.82 Å². The van der Waals surface area contributed by atoms with Gasteiger partial charge in [-0.15, -0.1) is 0 Å². The number of piperazine rings is 1. The molecule has 2 heterocycles. The first-order valence-electron chi connectivity index (χ1n) is 11.9. The Balaban J connectivity index is 1.27. The molecule has 4 nitrogen and oxygen atoms in total. The lowest BCUT2D eigenvalue weighted by Crippen LogP contribution is -2.57. The maximum Gasteiger partial charge on any atom is 0.146 e. The zero-order chi connectivity index (χ0) is 21.5. The van der Waals surface area contributed by atoms with Crippen LogP contribution in [0.25, 0.3) is 0 Å². The molecule has 31 heavy (non-hydrogen) atoms. The molecule has 0 radical (unpaired) electrons. The molecule has 2 aliphatic rings. The van der Waals surface area contributed by atoms with Crippen LogP contribution in [0.1, 0.15) is 31.2 Å². The maximum atomic E-state index is 14.1. The number of para-hydroxylation sites is 1. The number of nitrogens with zero attached hydrogens (tertiary/aromatic N) is 3. The Morgan fingerprint density at radius 1 is 0.903 bits per heavy atom. The molecular formula is C26H36FN3O. The van der Waals surface area contributed by atoms with Crippen LogP contribution in [-0.4, -0.2) is 72.9 Å². The predicted octanol–water partition coefficient (Wildman–Crippen LogP) is 3.80. The van der Waals surface area contributed by atoms with Gasteiger partial charge in [0.25, 0.3) is 0 Å². The van der Waals surface area contributed by atoms with Crippen LogP contribution >= 0.6 is 0 Å². The van der Waals surface area contributed by atoms with Crippen LogP contribution in [0.3, 0.4) is 0 Å². The van der Waals surface area contributed by atoms with E-state index in [2.05, 4.69) is 45.0 Å². The first-order chi connectivity index (χ1) is 15.2. The standard InChI is InChI=1S/C26H36FN3O/c27-25-10-4-5-11-26(25)29-16-12-23(13-17-29)30-19-18-28(24(21-30)14-20-31)15-6-9-22-7-2-1-3-8-22/h1-5,7-8,10-11,23-24,31H,6,9,12-21H2/t24-/m1/s1. The van der Waals surface area contributed by atoms with Crippen molar-refractivity contribution in [2.75, 3.05) is 50.8 Å². The van der Waals surface area contributed by atoms with Crippen molar-refractivity contribution in [3.05, 3.63) is 66.0 Å². The summed E-state index contributed by atoms with van der Waals surface area (Å²) in [5.41, 5.74) is 2.14. The SMILES string of the molecule is OCC[C@@H]1CN(C2CCN(c3ccccc3F)CC2)CCN1CCCc1ccccc1. The molecule has 5 heteroatoms. The Morgan fingerprint density at radius 2 is 1.65 bits per heavy atom. The van der Waals surface area contributed by atoms with Gasteiger partial charge in [0.05, 0.1) is 5.69 Å². The van der Waals surface area contributed by atoms with Crippen LogP contribution in [-0.2, 0) is 6.42 Å². The summed E-state index contributed by atoms with van der Waals surface area (Å²) in [6, 6.07) is 18.8. The molecule has 0 aliphatic carbocycles. The Kier molecular flexibility index (Phi) is 7.95. The van der Waals surface area contributed by atoms with Crippen LogP contribution < -0.4 is 4.90 Å². The molecule has 0 bridgehead atoms. The van der Waals surface area contributed by atoms with Gasteiger partial charge < -0.3 is 10.0 Å². The molecule has 2 saturated heterocycles. The zero-order valence-electron chi connectivity index (χ0n) is 18.5. The van der Waals surface area contributed by atoms with E-state index in [9.17, 15) is 9.50 Å². The molecule has 2 aromatic rings. The number of aliphatic hydroxyl groups is 1. The fourth-order valence-electron chi connectivity index (χ4n) is 5.28. The molecule has 168 valence electrons. The highest BCUT2D eigenvalue weighted by molar-refractivity contribution is 5.47. The van der Waals surface area contributed by atoms with Crippen LogP contribution in [0, 0.1) is 5.82 Å². The normalized spacial score (nSPS) is 21.5. The highest BCUT2D eigenvalue weighted by Gasteiger charge is 2.32. The van der Waals surface area contributed by atoms with Gasteiger partial charge in [-0.1, -0.05) is 42.5 Å². The number of hydrogen-bond acceptors (Lipinski definition) is 4. The molecule has 1 atom stereocenters. The minimum Gasteiger partial charge on any atom is -0.396 e. The van der Waals surface area contributed by atoms with E-state index in [0.717, 1.165) is 77.1 Å². The van der Waals surface area contributed by atoms with E-state index >= 15 is 0 Å². The Morgan fingerprint density at radius 3 is 2.39 bits per heavy atom. The third kappa shape index (κ3) is 5.85. The molecule has 0 aromatic heterocycles. The van der Waals surface area contributed by atoms with Crippen molar-refractivity contribution >= 4 is 5.69 Å². The second kappa shape index (κ2) is 11.1. The Labute approximate surface area is 186 Å². The maximum absolute atomic E-state index is 14.1. The average Bonchev–Trinajstić information content (AvgIpc) is 2.81. The first kappa shape index (κ1) is 22.3. The molecule has 0 amide bonds. The number of rotatable bonds is 8. The number of aryl methyl sites for hydroxylation is 1. The van der Waals surface area contributed by atoms with Crippen LogP contribution in [0.4, 0.5) is 10.1 Å². The van der Waals surface area contributed by atoms with E-state index in [1.165, 1.54) is 5.56 Å². The van der Waals surface area contributed by atoms with E-state index in [0.29, 0.717) is 12.1 Å². The van der Waals surface area contributed by atoms with Gasteiger partial charge in [-0.25, -0.2) is 4.39 Å². The highest BCUT2D eigenvalue weighted by Crippen LogP contribution is 2.26. The minimum absolute atomic E-state index is 0.118. The lowest BCUT2D eigenvalue weighted by Gasteiger charge is -2.47. The van der Waals surface area contributed by atoms with Crippen molar-refractivity contribution in [3.8, 4) is 0 Å². The smallest absolute Gasteiger partial charge is 0.146 e. The number of benzene rings is 2. The van der Waals surface area contributed by atoms with Crippen molar-refractivity contribution in [2.24, 2.45) is 0 Å². The number of hydrogen-bond donors (Lipinski definition) is 1. The molecule has 0 saturated carbocycles. The van der Waals surface area contributed by atoms with Crippen molar-refractivity contribution < 1.29 is 9.50 Å². The van der Waals surface area contributed by atoms with E-state index in [-0.39, 0.29) is 12.4 Å². The number of halogens is 1. The van der Waals surface area contributed by atoms with Crippen molar-refractivity contribution in [1.82, 2.24) is 9.80 Å². The highest BCUT2D eigenvalue weighted by atomic mass is 19.1. The van der Waals surface area contributed by atoms with E-state index < -0.39 is 0 Å². The molecule has 2 aliphatic heterocycles. The van der Waals surface area contributed by atoms with Crippen molar-refractivity contribution in [1.29, 1.82) is 0 Å². The second-order valence-corrected chi connectivity index (χ2v) is 8.96. The van der Waals surface area contributed by atoms with Crippen LogP contribution in [0.5, 0.6) is 0 Å². The molecule has 4 rings (SSSR count). The summed E-state index contributed by atoms with van der Waals surface area (Å²) in [5.74, 6) is -0.118. The largest absolute Gasteiger partial charge is 0.396 e. The summed E-state index contributed by atoms with van der Waals surface area (Å²) >= 11 is 0. The third-order valence-corrected chi connectivity index (χ3v) is 7.03. The van der Waals surface area contributed by atoms with E-state index in [4.69, 9.17) is 0 Å². The average molecular weight is 426 g/mol. The molecule has 0 spiro atoms. The van der Waals surface area contributed by atoms with Crippen LogP contribution in [0.2, 0.25) is 0 Å². The van der Waals surface area contributed by atoms with Gasteiger partial charge in [-0.3, -0.25) is 9.80 Å². The van der Waals surface area contributed by atoms with Gasteiger partial charge in [0.15, 0.2) is 0 Å². The third-order valence-electron chi connectivity index (χ3n) is 7.03. The summed E-state index contributed by atoms with van der Waals surface area (Å²) < 4.78 is 14.1. The zero-order valence-corrected chi connectivity index (χ0v) is 18.5. The van der Waals surface area contributed by atoms with E-state index in [1.807, 2.05) is 12.1 Å². The molecule has 2 fully saturated rings. The molecule has 0 unspecified atom stereocenters. The molecule has 1 N–H and O–H groups in total. The number of aliphatic hydroxyl groups excluding tert-OH is 1. The van der Waals surface area contributed by atoms with Crippen molar-refractivity contribution in [2.45, 2.75) is 44.2 Å². The van der Waals surface area contributed by atoms with Crippen molar-refractivity contribution in [3.63, 3.8) is 0 Å². The number of piperidine rings is 1. The summed E-state index contributed by atoms with van der Waals surface area (Å²) in [4.78, 5) is 7.41. The monoisotopic (exact) mass is 425 g/mol. The van der Waals surface area contributed by atoms with Crippen LogP contribution in [0.15, 0.2) is 54.6 Å². The lowest BCUT2D eigenvalue weighted by atomic mass is 9.99. The second-order valence-electron chi connectivity index (χ2n) is 8.96.